The molecule has 2 atom stereocenters. The van der Waals surface area contributed by atoms with E-state index in [1.807, 2.05) is 42.5 Å². The monoisotopic (exact) mass is 335 g/mol. The fourth-order valence-electron chi connectivity index (χ4n) is 2.55. The van der Waals surface area contributed by atoms with Gasteiger partial charge in [-0.15, -0.1) is 10.2 Å². The topological polar surface area (TPSA) is 68.5 Å². The molecule has 6 nitrogen and oxygen atoms in total. The molecule has 0 aromatic carbocycles. The molecule has 0 N–H and O–H groups in total. The van der Waals surface area contributed by atoms with Crippen molar-refractivity contribution in [1.82, 2.24) is 15.1 Å². The summed E-state index contributed by atoms with van der Waals surface area (Å²) >= 11 is 1.61. The fraction of sp³-hybridized carbons (Fsp3) is 0.562. The van der Waals surface area contributed by atoms with Crippen molar-refractivity contribution in [3.63, 3.8) is 0 Å². The standard InChI is InChI=1S/C16H21N3O3S/c1-10(2)14-17-18-15(22-14)13-8-19(5-6-21-13)16(20)11(3)12-4-7-23-9-12/h4,7,9-11,13H,5-6,8H2,1-3H3/t11-,13-/m1/s1. The van der Waals surface area contributed by atoms with Gasteiger partial charge in [0.15, 0.2) is 6.10 Å². The highest BCUT2D eigenvalue weighted by Gasteiger charge is 2.31. The third-order valence-corrected chi connectivity index (χ3v) is 4.72. The van der Waals surface area contributed by atoms with Gasteiger partial charge >= 0.3 is 0 Å². The summed E-state index contributed by atoms with van der Waals surface area (Å²) < 4.78 is 11.4. The maximum atomic E-state index is 12.7. The first kappa shape index (κ1) is 16.1. The molecule has 0 radical (unpaired) electrons. The van der Waals surface area contributed by atoms with Crippen molar-refractivity contribution in [2.75, 3.05) is 19.7 Å². The number of ether oxygens (including phenoxy) is 1. The van der Waals surface area contributed by atoms with E-state index in [4.69, 9.17) is 9.15 Å². The third-order valence-electron chi connectivity index (χ3n) is 4.02. The summed E-state index contributed by atoms with van der Waals surface area (Å²) in [6.07, 6.45) is -0.345. The maximum Gasteiger partial charge on any atom is 0.247 e. The SMILES string of the molecule is CC(C)c1nnc([C@H]2CN(C(=O)[C@H](C)c3ccsc3)CCO2)o1. The highest BCUT2D eigenvalue weighted by molar-refractivity contribution is 7.08. The molecule has 1 aliphatic heterocycles. The Kier molecular flexibility index (Phi) is 4.77. The number of hydrogen-bond donors (Lipinski definition) is 0. The highest BCUT2D eigenvalue weighted by Crippen LogP contribution is 2.26. The number of morpholine rings is 1. The zero-order valence-corrected chi connectivity index (χ0v) is 14.4. The van der Waals surface area contributed by atoms with Gasteiger partial charge in [-0.3, -0.25) is 4.79 Å². The Morgan fingerprint density at radius 2 is 2.22 bits per heavy atom. The summed E-state index contributed by atoms with van der Waals surface area (Å²) in [5.41, 5.74) is 1.06. The summed E-state index contributed by atoms with van der Waals surface area (Å²) in [5, 5.41) is 12.1. The van der Waals surface area contributed by atoms with E-state index in [9.17, 15) is 4.79 Å². The number of carbonyl (C=O) groups is 1. The van der Waals surface area contributed by atoms with Gasteiger partial charge in [-0.1, -0.05) is 13.8 Å². The summed E-state index contributed by atoms with van der Waals surface area (Å²) in [7, 11) is 0. The smallest absolute Gasteiger partial charge is 0.247 e. The minimum atomic E-state index is -0.345. The molecule has 0 aliphatic carbocycles. The van der Waals surface area contributed by atoms with E-state index >= 15 is 0 Å². The quantitative estimate of drug-likeness (QED) is 0.859. The van der Waals surface area contributed by atoms with E-state index in [2.05, 4.69) is 10.2 Å². The summed E-state index contributed by atoms with van der Waals surface area (Å²) in [5.74, 6) is 1.19. The number of aromatic nitrogens is 2. The van der Waals surface area contributed by atoms with Gasteiger partial charge in [-0.05, 0) is 29.3 Å². The van der Waals surface area contributed by atoms with Crippen molar-refractivity contribution in [1.29, 1.82) is 0 Å². The molecular weight excluding hydrogens is 314 g/mol. The molecule has 2 aromatic rings. The molecule has 1 amide bonds. The first-order chi connectivity index (χ1) is 11.1. The van der Waals surface area contributed by atoms with Crippen LogP contribution in [-0.2, 0) is 9.53 Å². The predicted octanol–water partition coefficient (Wildman–Crippen LogP) is 2.96. The van der Waals surface area contributed by atoms with E-state index in [1.54, 1.807) is 11.3 Å². The molecule has 124 valence electrons. The number of carbonyl (C=O) groups excluding carboxylic acids is 1. The number of nitrogens with zero attached hydrogens (tertiary/aromatic N) is 3. The average molecular weight is 335 g/mol. The van der Waals surface area contributed by atoms with Gasteiger partial charge < -0.3 is 14.1 Å². The van der Waals surface area contributed by atoms with E-state index in [0.29, 0.717) is 31.5 Å². The van der Waals surface area contributed by atoms with Gasteiger partial charge in [0.25, 0.3) is 0 Å². The van der Waals surface area contributed by atoms with Crippen LogP contribution in [0.2, 0.25) is 0 Å². The van der Waals surface area contributed by atoms with Gasteiger partial charge in [-0.2, -0.15) is 11.3 Å². The average Bonchev–Trinajstić information content (AvgIpc) is 3.25. The van der Waals surface area contributed by atoms with Crippen molar-refractivity contribution < 1.29 is 13.9 Å². The minimum absolute atomic E-state index is 0.111. The lowest BCUT2D eigenvalue weighted by Crippen LogP contribution is -2.44. The molecular formula is C16H21N3O3S. The van der Waals surface area contributed by atoms with E-state index < -0.39 is 0 Å². The van der Waals surface area contributed by atoms with Crippen LogP contribution < -0.4 is 0 Å². The first-order valence-electron chi connectivity index (χ1n) is 7.82. The van der Waals surface area contributed by atoms with Crippen molar-refractivity contribution in [2.24, 2.45) is 0 Å². The Morgan fingerprint density at radius 1 is 1.39 bits per heavy atom. The Balaban J connectivity index is 1.69. The van der Waals surface area contributed by atoms with E-state index in [0.717, 1.165) is 5.56 Å². The van der Waals surface area contributed by atoms with Crippen molar-refractivity contribution in [2.45, 2.75) is 38.7 Å². The molecule has 3 rings (SSSR count). The maximum absolute atomic E-state index is 12.7. The predicted molar refractivity (Wildman–Crippen MR) is 86.4 cm³/mol. The van der Waals surface area contributed by atoms with Crippen LogP contribution in [0, 0.1) is 0 Å². The molecule has 3 heterocycles. The van der Waals surface area contributed by atoms with Crippen molar-refractivity contribution in [3.8, 4) is 0 Å². The molecule has 0 spiro atoms. The minimum Gasteiger partial charge on any atom is -0.422 e. The van der Waals surface area contributed by atoms with Gasteiger partial charge in [0.05, 0.1) is 19.1 Å². The van der Waals surface area contributed by atoms with E-state index in [-0.39, 0.29) is 23.8 Å². The van der Waals surface area contributed by atoms with Crippen LogP contribution in [0.4, 0.5) is 0 Å². The van der Waals surface area contributed by atoms with Gasteiger partial charge in [0.2, 0.25) is 17.7 Å². The zero-order valence-electron chi connectivity index (χ0n) is 13.6. The molecule has 0 unspecified atom stereocenters. The molecule has 7 heteroatoms. The van der Waals surface area contributed by atoms with Crippen LogP contribution in [0.5, 0.6) is 0 Å². The molecule has 0 bridgehead atoms. The summed E-state index contributed by atoms with van der Waals surface area (Å²) in [6.45, 7) is 7.46. The lowest BCUT2D eigenvalue weighted by atomic mass is 10.0. The number of thiophene rings is 1. The largest absolute Gasteiger partial charge is 0.422 e. The Hall–Kier alpha value is -1.73. The lowest BCUT2D eigenvalue weighted by molar-refractivity contribution is -0.141. The van der Waals surface area contributed by atoms with Crippen LogP contribution in [0.15, 0.2) is 21.2 Å². The normalized spacial score (nSPS) is 20.0. The Bertz CT molecular complexity index is 653. The molecule has 1 saturated heterocycles. The third kappa shape index (κ3) is 3.45. The Labute approximate surface area is 139 Å². The van der Waals surface area contributed by atoms with E-state index in [1.165, 1.54) is 0 Å². The second-order valence-electron chi connectivity index (χ2n) is 6.06. The molecule has 1 fully saturated rings. The number of hydrogen-bond acceptors (Lipinski definition) is 6. The summed E-state index contributed by atoms with van der Waals surface area (Å²) in [6, 6.07) is 2.00. The van der Waals surface area contributed by atoms with Crippen LogP contribution in [0.3, 0.4) is 0 Å². The van der Waals surface area contributed by atoms with Gasteiger partial charge in [0.1, 0.15) is 0 Å². The van der Waals surface area contributed by atoms with Crippen LogP contribution in [0.1, 0.15) is 56.1 Å². The Morgan fingerprint density at radius 3 is 2.87 bits per heavy atom. The molecule has 0 saturated carbocycles. The zero-order chi connectivity index (χ0) is 16.4. The molecule has 2 aromatic heterocycles. The highest BCUT2D eigenvalue weighted by atomic mass is 32.1. The van der Waals surface area contributed by atoms with Crippen LogP contribution >= 0.6 is 11.3 Å². The van der Waals surface area contributed by atoms with Crippen LogP contribution in [0.25, 0.3) is 0 Å². The fourth-order valence-corrected chi connectivity index (χ4v) is 3.30. The number of amides is 1. The van der Waals surface area contributed by atoms with Crippen molar-refractivity contribution >= 4 is 17.2 Å². The van der Waals surface area contributed by atoms with Crippen molar-refractivity contribution in [3.05, 3.63) is 34.2 Å². The first-order valence-corrected chi connectivity index (χ1v) is 8.76. The molecule has 1 aliphatic rings. The second-order valence-corrected chi connectivity index (χ2v) is 6.84. The second kappa shape index (κ2) is 6.80. The van der Waals surface area contributed by atoms with Gasteiger partial charge in [0, 0.05) is 12.5 Å². The lowest BCUT2D eigenvalue weighted by Gasteiger charge is -2.33. The van der Waals surface area contributed by atoms with Gasteiger partial charge in [-0.25, -0.2) is 0 Å². The number of rotatable bonds is 4. The molecule has 23 heavy (non-hydrogen) atoms. The summed E-state index contributed by atoms with van der Waals surface area (Å²) in [4.78, 5) is 14.5. The van der Waals surface area contributed by atoms with Crippen LogP contribution in [-0.4, -0.2) is 40.7 Å².